The molecule has 20 saturated carbocycles. The molecule has 20 aliphatic rings. The Hall–Kier alpha value is -3.26. The van der Waals surface area contributed by atoms with Crippen LogP contribution < -0.4 is 0 Å². The fourth-order valence-corrected chi connectivity index (χ4v) is 30.7. The Morgan fingerprint density at radius 3 is 1.09 bits per heavy atom. The van der Waals surface area contributed by atoms with Crippen molar-refractivity contribution in [3.8, 4) is 0 Å². The molecule has 0 saturated heterocycles. The molecule has 0 N–H and O–H groups in total. The molecule has 0 aromatic heterocycles. The van der Waals surface area contributed by atoms with Gasteiger partial charge in [0.15, 0.2) is 13.6 Å². The maximum atomic E-state index is 13.9. The average molecular weight is 1630 g/mol. The van der Waals surface area contributed by atoms with Crippen molar-refractivity contribution in [1.82, 2.24) is 0 Å². The zero-order chi connectivity index (χ0) is 77.3. The molecule has 23 unspecified atom stereocenters. The van der Waals surface area contributed by atoms with Crippen molar-refractivity contribution in [1.29, 1.82) is 0 Å². The molecule has 20 fully saturated rings. The molecule has 20 bridgehead atoms. The van der Waals surface area contributed by atoms with Crippen molar-refractivity contribution in [3.63, 3.8) is 0 Å². The van der Waals surface area contributed by atoms with Crippen LogP contribution in [0.5, 0.6) is 0 Å². The quantitative estimate of drug-likeness (QED) is 0.0459. The van der Waals surface area contributed by atoms with E-state index in [0.29, 0.717) is 82.9 Å². The Labute approximate surface area is 710 Å². The Morgan fingerprint density at radius 2 is 0.733 bits per heavy atom. The Bertz CT molecular complexity index is 3290. The molecular weight excluding hydrogens is 1450 g/mol. The summed E-state index contributed by atoms with van der Waals surface area (Å²) in [6.07, 6.45) is 34.6. The fraction of sp³-hybridized carbons (Fsp3) is 0.941. The van der Waals surface area contributed by atoms with Gasteiger partial charge >= 0.3 is 35.8 Å². The van der Waals surface area contributed by atoms with Crippen molar-refractivity contribution in [2.75, 3.05) is 13.6 Å². The fourth-order valence-electron chi connectivity index (χ4n) is 30.7. The van der Waals surface area contributed by atoms with Crippen LogP contribution >= 0.6 is 0 Å². The molecule has 0 spiro atoms. The summed E-state index contributed by atoms with van der Waals surface area (Å²) in [4.78, 5) is 77.0. The highest BCUT2D eigenvalue weighted by atomic mass is 16.7. The van der Waals surface area contributed by atoms with Crippen LogP contribution in [0, 0.1) is 186 Å². The van der Waals surface area contributed by atoms with E-state index in [-0.39, 0.29) is 184 Å². The van der Waals surface area contributed by atoms with E-state index in [9.17, 15) is 28.8 Å². The molecule has 0 heterocycles. The van der Waals surface area contributed by atoms with Crippen LogP contribution in [0.15, 0.2) is 0 Å². The second-order valence-electron chi connectivity index (χ2n) is 45.0. The van der Waals surface area contributed by atoms with Crippen LogP contribution in [0.1, 0.15) is 377 Å². The molecule has 0 amide bonds. The van der Waals surface area contributed by atoms with E-state index >= 15 is 0 Å². The van der Waals surface area contributed by atoms with Crippen molar-refractivity contribution in [2.45, 2.75) is 413 Å². The summed E-state index contributed by atoms with van der Waals surface area (Å²) in [5, 5.41) is 0. The zero-order valence-electron chi connectivity index (χ0n) is 70.9. The molecule has 0 radical (unpaired) electrons. The molecule has 0 aromatic rings. The summed E-state index contributed by atoms with van der Waals surface area (Å²) in [6.45, 7) is 40.5. The lowest BCUT2D eigenvalue weighted by Gasteiger charge is -2.60. The Balaban J connectivity index is 0.000000216. The largest absolute Gasteiger partial charge is 0.462 e. The molecule has 20 aliphatic carbocycles. The SMILES string of the molecule is C.C.C.C.C.C.C.C.CCC(C)(C)C(=O)OC1CC2CC1C1C3CC(CC3C(=O)OC3(C)C4CC5CC(C4)CC3C5)C21.CCC(C)(C)C(=O)OC1CC2CC1C1C3CC(CC3C(=O)OC3(CC)C4CC5CC(C4)CC3C5)C21.CCC(C)(C)C(=O)OCOC1C2(C)CCC(C2)C1(C)C.CCC(C)C(=O)OCOC1C2(C)CCC(C2)C1(C)C. The molecule has 14 heteroatoms. The van der Waals surface area contributed by atoms with Gasteiger partial charge < -0.3 is 37.9 Å². The minimum absolute atomic E-state index is 0. The average Bonchev–Trinajstić information content (AvgIpc) is 1.52. The van der Waals surface area contributed by atoms with Gasteiger partial charge in [-0.05, 0) is 387 Å². The first-order valence-corrected chi connectivity index (χ1v) is 45.3. The highest BCUT2D eigenvalue weighted by Crippen LogP contribution is 2.73. The minimum Gasteiger partial charge on any atom is -0.462 e. The second kappa shape index (κ2) is 36.1. The number of carbonyl (C=O) groups is 6. The van der Waals surface area contributed by atoms with E-state index in [1.807, 2.05) is 62.3 Å². The lowest BCUT2D eigenvalue weighted by Crippen LogP contribution is -2.60. The van der Waals surface area contributed by atoms with Crippen molar-refractivity contribution >= 4 is 35.8 Å². The van der Waals surface area contributed by atoms with E-state index in [1.165, 1.54) is 128 Å². The maximum absolute atomic E-state index is 13.9. The van der Waals surface area contributed by atoms with Gasteiger partial charge in [0, 0.05) is 0 Å². The molecule has 0 aliphatic heterocycles. The van der Waals surface area contributed by atoms with Gasteiger partial charge in [0.1, 0.15) is 23.4 Å². The standard InChI is InChI=1S/C31H46O4.C30H44O4.C17H30O3.C16H28O3.8CH4/c1-5-30(3,4)29(33)34-25-15-19-14-24(25)27-22-12-18(26(19)27)13-23(22)28(32)35-31(6-2)20-8-16-7-17(10-20)11-21(31)9-16;1-5-29(2,3)28(32)33-24-14-18-13-23(24)26-21-11-17(25(18)26)12-22(21)27(31)34-30(4)19-7-15-6-16(9-19)10-20(30)8-15;1-7-15(2,3)14(18)20-11-19-13-16(4,5)12-8-9-17(13,6)10-12;1-6-11(2)13(17)18-10-19-14-15(3,4)12-7-8-16(14,5)9-12;;;;;;;;/h16-27H,5-15H2,1-4H3;15-26H,5-14H2,1-4H3;12-13H,7-11H2,1-6H3;11-12,14H,6-10H2,1-5H3;8*1H4. The predicted octanol–water partition coefficient (Wildman–Crippen LogP) is 25.4. The monoisotopic (exact) mass is 1630 g/mol. The highest BCUT2D eigenvalue weighted by Gasteiger charge is 2.71. The summed E-state index contributed by atoms with van der Waals surface area (Å²) < 4.78 is 48.3. The Kier molecular flexibility index (Phi) is 31.1. The number of hydrogen-bond donors (Lipinski definition) is 0. The molecule has 116 heavy (non-hydrogen) atoms. The van der Waals surface area contributed by atoms with E-state index in [1.54, 1.807) is 0 Å². The van der Waals surface area contributed by atoms with Crippen molar-refractivity contribution in [3.05, 3.63) is 0 Å². The third-order valence-corrected chi connectivity index (χ3v) is 37.5. The third kappa shape index (κ3) is 16.9. The molecular formula is C102H180O14. The number of ether oxygens (including phenoxy) is 8. The van der Waals surface area contributed by atoms with Crippen molar-refractivity contribution in [2.24, 2.45) is 186 Å². The third-order valence-electron chi connectivity index (χ3n) is 37.5. The summed E-state index contributed by atoms with van der Waals surface area (Å²) in [5.74, 6) is 14.8. The summed E-state index contributed by atoms with van der Waals surface area (Å²) in [7, 11) is 0. The molecule has 0 aromatic carbocycles. The number of fused-ring (bicyclic) bond motifs is 22. The van der Waals surface area contributed by atoms with Crippen LogP contribution in [-0.2, 0) is 66.7 Å². The lowest BCUT2D eigenvalue weighted by atomic mass is 9.49. The summed E-state index contributed by atoms with van der Waals surface area (Å²) in [5.41, 5.74) is -0.690. The maximum Gasteiger partial charge on any atom is 0.313 e. The van der Waals surface area contributed by atoms with Gasteiger partial charge in [-0.2, -0.15) is 0 Å². The van der Waals surface area contributed by atoms with E-state index in [2.05, 4.69) is 69.2 Å². The number of carbonyl (C=O) groups excluding carboxylic acids is 6. The Morgan fingerprint density at radius 1 is 0.388 bits per heavy atom. The topological polar surface area (TPSA) is 176 Å². The van der Waals surface area contributed by atoms with E-state index < -0.39 is 16.2 Å². The zero-order valence-corrected chi connectivity index (χ0v) is 70.9. The van der Waals surface area contributed by atoms with Gasteiger partial charge in [-0.1, -0.05) is 142 Å². The molecule has 672 valence electrons. The van der Waals surface area contributed by atoms with Gasteiger partial charge in [0.25, 0.3) is 0 Å². The smallest absolute Gasteiger partial charge is 0.313 e. The van der Waals surface area contributed by atoms with Crippen LogP contribution in [0.4, 0.5) is 0 Å². The molecule has 14 nitrogen and oxygen atoms in total. The second-order valence-corrected chi connectivity index (χ2v) is 45.0. The number of hydrogen-bond acceptors (Lipinski definition) is 14. The van der Waals surface area contributed by atoms with Crippen LogP contribution in [0.2, 0.25) is 0 Å². The minimum atomic E-state index is -0.419. The van der Waals surface area contributed by atoms with E-state index in [4.69, 9.17) is 37.9 Å². The lowest BCUT2D eigenvalue weighted by molar-refractivity contribution is -0.217. The van der Waals surface area contributed by atoms with Gasteiger partial charge in [-0.3, -0.25) is 28.8 Å². The first-order valence-electron chi connectivity index (χ1n) is 45.3. The molecule has 23 atom stereocenters. The number of rotatable bonds is 21. The normalized spacial score (nSPS) is 43.9. The van der Waals surface area contributed by atoms with Gasteiger partial charge in [0.2, 0.25) is 0 Å². The van der Waals surface area contributed by atoms with Crippen LogP contribution in [0.25, 0.3) is 0 Å². The summed E-state index contributed by atoms with van der Waals surface area (Å²) in [6, 6.07) is 0. The van der Waals surface area contributed by atoms with Crippen LogP contribution in [0.3, 0.4) is 0 Å². The van der Waals surface area contributed by atoms with Crippen LogP contribution in [-0.4, -0.2) is 85.0 Å². The van der Waals surface area contributed by atoms with Gasteiger partial charge in [0.05, 0.1) is 46.2 Å². The first-order chi connectivity index (χ1) is 50.9. The van der Waals surface area contributed by atoms with Gasteiger partial charge in [-0.15, -0.1) is 0 Å². The summed E-state index contributed by atoms with van der Waals surface area (Å²) >= 11 is 0. The first kappa shape index (κ1) is 99.8. The van der Waals surface area contributed by atoms with E-state index in [0.717, 1.165) is 105 Å². The number of esters is 6. The predicted molar refractivity (Wildman–Crippen MR) is 469 cm³/mol. The van der Waals surface area contributed by atoms with Gasteiger partial charge in [-0.25, -0.2) is 0 Å². The van der Waals surface area contributed by atoms with Crippen molar-refractivity contribution < 1.29 is 66.7 Å². The molecule has 20 rings (SSSR count). The highest BCUT2D eigenvalue weighted by molar-refractivity contribution is 5.78.